The Morgan fingerprint density at radius 3 is 2.35 bits per heavy atom. The van der Waals surface area contributed by atoms with E-state index in [1.807, 2.05) is 49.4 Å². The molecule has 1 N–H and O–H groups in total. The fourth-order valence-corrected chi connectivity index (χ4v) is 2.61. The number of methoxy groups -OCH3 is 2. The van der Waals surface area contributed by atoms with Crippen LogP contribution in [0.5, 0.6) is 28.7 Å². The third-order valence-electron chi connectivity index (χ3n) is 3.88. The summed E-state index contributed by atoms with van der Waals surface area (Å²) in [7, 11) is 3.20. The van der Waals surface area contributed by atoms with Gasteiger partial charge in [0.05, 0.1) is 14.2 Å². The molecule has 0 aromatic heterocycles. The highest BCUT2D eigenvalue weighted by Gasteiger charge is 2.22. The van der Waals surface area contributed by atoms with Crippen LogP contribution in [0, 0.1) is 0 Å². The molecule has 0 amide bonds. The van der Waals surface area contributed by atoms with Crippen molar-refractivity contribution in [3.05, 3.63) is 42.5 Å². The average molecular weight is 382 g/mol. The van der Waals surface area contributed by atoms with Crippen LogP contribution < -0.4 is 29.0 Å². The summed E-state index contributed by atoms with van der Waals surface area (Å²) < 4.78 is 28.3. The molecule has 2 aromatic carbocycles. The van der Waals surface area contributed by atoms with Gasteiger partial charge in [-0.05, 0) is 31.2 Å². The van der Waals surface area contributed by atoms with Gasteiger partial charge in [0.2, 0.25) is 5.75 Å². The first kappa shape index (κ1) is 20.0. The van der Waals surface area contributed by atoms with Crippen LogP contribution in [0.1, 0.15) is 6.92 Å². The minimum Gasteiger partial charge on any atom is -0.493 e. The Balaban J connectivity index is 0.00000243. The molecular formula is C19H24ClNO5. The van der Waals surface area contributed by atoms with Gasteiger partial charge in [0, 0.05) is 6.54 Å². The van der Waals surface area contributed by atoms with Crippen LogP contribution in [0.3, 0.4) is 0 Å². The molecule has 2 aromatic rings. The molecular weight excluding hydrogens is 358 g/mol. The summed E-state index contributed by atoms with van der Waals surface area (Å²) in [6.07, 6.45) is -0.341. The lowest BCUT2D eigenvalue weighted by Crippen LogP contribution is -2.43. The number of nitrogens with one attached hydrogen (secondary N) is 1. The van der Waals surface area contributed by atoms with E-state index in [0.717, 1.165) is 11.5 Å². The Bertz CT molecular complexity index is 690. The van der Waals surface area contributed by atoms with Crippen molar-refractivity contribution in [3.63, 3.8) is 0 Å². The van der Waals surface area contributed by atoms with E-state index in [1.54, 1.807) is 14.2 Å². The van der Waals surface area contributed by atoms with Crippen LogP contribution in [0.25, 0.3) is 0 Å². The van der Waals surface area contributed by atoms with Crippen LogP contribution in [0.4, 0.5) is 0 Å². The van der Waals surface area contributed by atoms with Gasteiger partial charge in [-0.1, -0.05) is 18.2 Å². The van der Waals surface area contributed by atoms with E-state index >= 15 is 0 Å². The van der Waals surface area contributed by atoms with Crippen LogP contribution in [0.2, 0.25) is 0 Å². The van der Waals surface area contributed by atoms with E-state index in [2.05, 4.69) is 5.32 Å². The lowest BCUT2D eigenvalue weighted by atomic mass is 10.2. The van der Waals surface area contributed by atoms with Gasteiger partial charge >= 0.3 is 0 Å². The van der Waals surface area contributed by atoms with Crippen LogP contribution >= 0.6 is 12.4 Å². The standard InChI is InChI=1S/C19H23NO5.ClH/c1-13(24-19-17(21-2)9-6-10-18(19)22-3)20-11-14-12-23-15-7-4-5-8-16(15)25-14;/h4-10,13-14,20H,11-12H2,1-3H3;1H. The summed E-state index contributed by atoms with van der Waals surface area (Å²) in [5.41, 5.74) is 0. The number of rotatable bonds is 7. The average Bonchev–Trinajstić information content (AvgIpc) is 2.66. The van der Waals surface area contributed by atoms with Gasteiger partial charge in [0.25, 0.3) is 0 Å². The normalized spacial score (nSPS) is 16.2. The van der Waals surface area contributed by atoms with Gasteiger partial charge in [0.15, 0.2) is 23.0 Å². The third-order valence-corrected chi connectivity index (χ3v) is 3.88. The second kappa shape index (κ2) is 9.40. The highest BCUT2D eigenvalue weighted by atomic mass is 35.5. The maximum atomic E-state index is 5.96. The topological polar surface area (TPSA) is 58.2 Å². The van der Waals surface area contributed by atoms with Crippen molar-refractivity contribution in [1.82, 2.24) is 5.32 Å². The lowest BCUT2D eigenvalue weighted by Gasteiger charge is -2.28. The van der Waals surface area contributed by atoms with Crippen molar-refractivity contribution < 1.29 is 23.7 Å². The second-order valence-electron chi connectivity index (χ2n) is 5.66. The maximum Gasteiger partial charge on any atom is 0.205 e. The molecule has 7 heteroatoms. The molecule has 26 heavy (non-hydrogen) atoms. The van der Waals surface area contributed by atoms with Crippen molar-refractivity contribution in [1.29, 1.82) is 0 Å². The number of benzene rings is 2. The Morgan fingerprint density at radius 1 is 1.04 bits per heavy atom. The number of hydrogen-bond donors (Lipinski definition) is 1. The summed E-state index contributed by atoms with van der Waals surface area (Å²) in [5, 5.41) is 3.30. The van der Waals surface area contributed by atoms with Gasteiger partial charge in [-0.2, -0.15) is 0 Å². The summed E-state index contributed by atoms with van der Waals surface area (Å²) in [4.78, 5) is 0. The van der Waals surface area contributed by atoms with Crippen LogP contribution in [-0.4, -0.2) is 39.7 Å². The number of para-hydroxylation sites is 3. The van der Waals surface area contributed by atoms with E-state index in [9.17, 15) is 0 Å². The van der Waals surface area contributed by atoms with Crippen molar-refractivity contribution >= 4 is 12.4 Å². The smallest absolute Gasteiger partial charge is 0.205 e. The predicted molar refractivity (Wildman–Crippen MR) is 101 cm³/mol. The van der Waals surface area contributed by atoms with Gasteiger partial charge < -0.3 is 23.7 Å². The monoisotopic (exact) mass is 381 g/mol. The minimum atomic E-state index is -0.258. The Morgan fingerprint density at radius 2 is 1.69 bits per heavy atom. The van der Waals surface area contributed by atoms with E-state index in [0.29, 0.717) is 30.4 Å². The summed E-state index contributed by atoms with van der Waals surface area (Å²) in [5.74, 6) is 3.36. The first-order valence-corrected chi connectivity index (χ1v) is 8.20. The summed E-state index contributed by atoms with van der Waals surface area (Å²) >= 11 is 0. The predicted octanol–water partition coefficient (Wildman–Crippen LogP) is 3.28. The minimum absolute atomic E-state index is 0. The van der Waals surface area contributed by atoms with Gasteiger partial charge in [-0.25, -0.2) is 0 Å². The molecule has 3 rings (SSSR count). The highest BCUT2D eigenvalue weighted by Crippen LogP contribution is 2.37. The zero-order valence-corrected chi connectivity index (χ0v) is 15.9. The Hall–Kier alpha value is -2.31. The van der Waals surface area contributed by atoms with E-state index in [-0.39, 0.29) is 24.7 Å². The summed E-state index contributed by atoms with van der Waals surface area (Å²) in [6, 6.07) is 13.2. The zero-order valence-electron chi connectivity index (χ0n) is 15.1. The van der Waals surface area contributed by atoms with Gasteiger partial charge in [0.1, 0.15) is 18.9 Å². The molecule has 0 bridgehead atoms. The Kier molecular flexibility index (Phi) is 7.24. The molecule has 2 unspecified atom stereocenters. The lowest BCUT2D eigenvalue weighted by molar-refractivity contribution is 0.0745. The molecule has 0 saturated heterocycles. The second-order valence-corrected chi connectivity index (χ2v) is 5.66. The molecule has 0 fully saturated rings. The molecule has 0 radical (unpaired) electrons. The molecule has 0 saturated carbocycles. The molecule has 1 heterocycles. The number of halogens is 1. The number of ether oxygens (including phenoxy) is 5. The number of hydrogen-bond acceptors (Lipinski definition) is 6. The largest absolute Gasteiger partial charge is 0.493 e. The Labute approximate surface area is 159 Å². The highest BCUT2D eigenvalue weighted by molar-refractivity contribution is 5.85. The van der Waals surface area contributed by atoms with E-state index < -0.39 is 0 Å². The molecule has 6 nitrogen and oxygen atoms in total. The SMILES string of the molecule is COc1cccc(OC)c1OC(C)NCC1COc2ccccc2O1.Cl. The molecule has 142 valence electrons. The van der Waals surface area contributed by atoms with Gasteiger partial charge in [-0.3, -0.25) is 5.32 Å². The summed E-state index contributed by atoms with van der Waals surface area (Å²) in [6.45, 7) is 3.01. The molecule has 0 spiro atoms. The third kappa shape index (κ3) is 4.65. The molecule has 2 atom stereocenters. The first-order chi connectivity index (χ1) is 12.2. The van der Waals surface area contributed by atoms with Crippen LogP contribution in [0.15, 0.2) is 42.5 Å². The van der Waals surface area contributed by atoms with Crippen LogP contribution in [-0.2, 0) is 0 Å². The number of fused-ring (bicyclic) bond motifs is 1. The fourth-order valence-electron chi connectivity index (χ4n) is 2.61. The molecule has 1 aliphatic heterocycles. The van der Waals surface area contributed by atoms with E-state index in [4.69, 9.17) is 23.7 Å². The molecule has 0 aliphatic carbocycles. The van der Waals surface area contributed by atoms with Crippen molar-refractivity contribution in [3.8, 4) is 28.7 Å². The van der Waals surface area contributed by atoms with Crippen molar-refractivity contribution in [2.45, 2.75) is 19.3 Å². The van der Waals surface area contributed by atoms with E-state index in [1.165, 1.54) is 0 Å². The quantitative estimate of drug-likeness (QED) is 0.743. The maximum absolute atomic E-state index is 5.96. The fraction of sp³-hybridized carbons (Fsp3) is 0.368. The molecule has 1 aliphatic rings. The zero-order chi connectivity index (χ0) is 17.6. The van der Waals surface area contributed by atoms with Gasteiger partial charge in [-0.15, -0.1) is 12.4 Å². The van der Waals surface area contributed by atoms with Crippen molar-refractivity contribution in [2.75, 3.05) is 27.4 Å². The first-order valence-electron chi connectivity index (χ1n) is 8.20. The van der Waals surface area contributed by atoms with Crippen molar-refractivity contribution in [2.24, 2.45) is 0 Å².